The lowest BCUT2D eigenvalue weighted by Crippen LogP contribution is -2.28. The van der Waals surface area contributed by atoms with Crippen molar-refractivity contribution in [3.8, 4) is 0 Å². The van der Waals surface area contributed by atoms with E-state index in [4.69, 9.17) is 13.7 Å². The highest BCUT2D eigenvalue weighted by Gasteiger charge is 2.38. The van der Waals surface area contributed by atoms with Crippen LogP contribution in [-0.4, -0.2) is 31.1 Å². The molecule has 0 atom stereocenters. The van der Waals surface area contributed by atoms with Crippen LogP contribution in [0.3, 0.4) is 0 Å². The fourth-order valence-electron chi connectivity index (χ4n) is 1.45. The van der Waals surface area contributed by atoms with Gasteiger partial charge >= 0.3 is 8.60 Å². The molecule has 0 aliphatic carbocycles. The summed E-state index contributed by atoms with van der Waals surface area (Å²) >= 11 is 0. The molecule has 1 aliphatic rings. The molecule has 2 amide bonds. The molecule has 0 fully saturated rings. The highest BCUT2D eigenvalue weighted by atomic mass is 31.2. The van der Waals surface area contributed by atoms with Crippen molar-refractivity contribution in [2.24, 2.45) is 0 Å². The minimum absolute atomic E-state index is 0.319. The van der Waals surface area contributed by atoms with Crippen LogP contribution < -0.4 is 0 Å². The Labute approximate surface area is 99.0 Å². The van der Waals surface area contributed by atoms with Gasteiger partial charge in [-0.05, 0) is 12.1 Å². The number of rotatable bonds is 4. The molecule has 0 unspecified atom stereocenters. The summed E-state index contributed by atoms with van der Waals surface area (Å²) in [4.78, 5) is 23.7. The second-order valence-electron chi connectivity index (χ2n) is 3.12. The third-order valence-corrected chi connectivity index (χ3v) is 3.10. The average Bonchev–Trinajstić information content (AvgIpc) is 2.61. The van der Waals surface area contributed by atoms with Gasteiger partial charge in [0, 0.05) is 14.2 Å². The minimum atomic E-state index is -1.74. The lowest BCUT2D eigenvalue weighted by molar-refractivity contribution is -0.0247. The van der Waals surface area contributed by atoms with Gasteiger partial charge in [-0.2, -0.15) is 4.62 Å². The second-order valence-corrected chi connectivity index (χ2v) is 4.46. The number of fused-ring (bicyclic) bond motifs is 1. The van der Waals surface area contributed by atoms with Gasteiger partial charge in [-0.1, -0.05) is 12.1 Å². The van der Waals surface area contributed by atoms with Gasteiger partial charge in [-0.3, -0.25) is 9.59 Å². The van der Waals surface area contributed by atoms with Gasteiger partial charge in [-0.25, -0.2) is 0 Å². The first-order chi connectivity index (χ1) is 8.19. The van der Waals surface area contributed by atoms with Crippen molar-refractivity contribution in [3.63, 3.8) is 0 Å². The predicted molar refractivity (Wildman–Crippen MR) is 59.0 cm³/mol. The molecule has 1 aromatic rings. The largest absolute Gasteiger partial charge is 0.356 e. The number of carbonyl (C=O) groups excluding carboxylic acids is 2. The van der Waals surface area contributed by atoms with E-state index < -0.39 is 20.4 Å². The molecule has 6 nitrogen and oxygen atoms in total. The Balaban J connectivity index is 2.24. The van der Waals surface area contributed by atoms with Gasteiger partial charge in [0.2, 0.25) is 0 Å². The van der Waals surface area contributed by atoms with Gasteiger partial charge in [0.15, 0.2) is 0 Å². The maximum atomic E-state index is 11.9. The summed E-state index contributed by atoms with van der Waals surface area (Å²) in [5, 5.41) is 0.670. The molecule has 0 aromatic heterocycles. The summed E-state index contributed by atoms with van der Waals surface area (Å²) in [7, 11) is 0.998. The summed E-state index contributed by atoms with van der Waals surface area (Å²) in [6.07, 6.45) is 0. The van der Waals surface area contributed by atoms with Crippen molar-refractivity contribution < 1.29 is 23.3 Å². The summed E-state index contributed by atoms with van der Waals surface area (Å²) in [6, 6.07) is 6.51. The summed E-state index contributed by atoms with van der Waals surface area (Å²) in [5.74, 6) is -1.01. The number of hydrogen-bond acceptors (Lipinski definition) is 5. The summed E-state index contributed by atoms with van der Waals surface area (Å²) < 4.78 is 14.7. The Morgan fingerprint density at radius 2 is 1.47 bits per heavy atom. The smallest absolute Gasteiger partial charge is 0.314 e. The Morgan fingerprint density at radius 1 is 1.00 bits per heavy atom. The number of amides is 2. The number of benzene rings is 1. The number of hydroxylamine groups is 2. The SMILES string of the molecule is COP(OC)ON1C(=O)c2ccccc2C1=O. The van der Waals surface area contributed by atoms with E-state index in [2.05, 4.69) is 0 Å². The molecular formula is C10H10NO5P. The maximum absolute atomic E-state index is 11.9. The Hall–Kier alpha value is -1.33. The van der Waals surface area contributed by atoms with Crippen LogP contribution in [0.1, 0.15) is 20.7 Å². The van der Waals surface area contributed by atoms with E-state index in [1.165, 1.54) is 14.2 Å². The molecule has 0 saturated heterocycles. The molecule has 1 aromatic carbocycles. The van der Waals surface area contributed by atoms with Crippen molar-refractivity contribution in [2.75, 3.05) is 14.2 Å². The first kappa shape index (κ1) is 12.1. The van der Waals surface area contributed by atoms with Crippen molar-refractivity contribution >= 4 is 20.4 Å². The molecule has 1 aliphatic heterocycles. The zero-order valence-corrected chi connectivity index (χ0v) is 10.1. The molecule has 0 N–H and O–H groups in total. The molecule has 0 saturated carbocycles. The lowest BCUT2D eigenvalue weighted by atomic mass is 10.1. The fraction of sp³-hybridized carbons (Fsp3) is 0.200. The van der Waals surface area contributed by atoms with Gasteiger partial charge < -0.3 is 9.05 Å². The van der Waals surface area contributed by atoms with Crippen LogP contribution in [0, 0.1) is 0 Å². The van der Waals surface area contributed by atoms with E-state index in [1.807, 2.05) is 0 Å². The molecule has 17 heavy (non-hydrogen) atoms. The monoisotopic (exact) mass is 255 g/mol. The van der Waals surface area contributed by atoms with Gasteiger partial charge in [0.05, 0.1) is 11.1 Å². The maximum Gasteiger partial charge on any atom is 0.356 e. The third kappa shape index (κ3) is 2.08. The zero-order valence-electron chi connectivity index (χ0n) is 9.25. The predicted octanol–water partition coefficient (Wildman–Crippen LogP) is 1.73. The van der Waals surface area contributed by atoms with Crippen LogP contribution in [-0.2, 0) is 13.7 Å². The standard InChI is InChI=1S/C10H10NO5P/c1-14-17(15-2)16-11-9(12)7-5-3-4-6-8(7)10(11)13/h3-6H,1-2H3. The lowest BCUT2D eigenvalue weighted by Gasteiger charge is -2.17. The Bertz CT molecular complexity index is 425. The van der Waals surface area contributed by atoms with E-state index in [0.717, 1.165) is 0 Å². The van der Waals surface area contributed by atoms with E-state index in [-0.39, 0.29) is 0 Å². The molecule has 7 heteroatoms. The van der Waals surface area contributed by atoms with E-state index in [0.29, 0.717) is 16.2 Å². The van der Waals surface area contributed by atoms with Gasteiger partial charge in [-0.15, -0.1) is 5.06 Å². The Kier molecular flexibility index (Phi) is 3.49. The molecular weight excluding hydrogens is 245 g/mol. The zero-order chi connectivity index (χ0) is 12.4. The van der Waals surface area contributed by atoms with Crippen LogP contribution in [0.15, 0.2) is 24.3 Å². The van der Waals surface area contributed by atoms with Crippen LogP contribution in [0.2, 0.25) is 0 Å². The highest BCUT2D eigenvalue weighted by molar-refractivity contribution is 7.41. The number of imide groups is 1. The normalized spacial score (nSPS) is 14.6. The van der Waals surface area contributed by atoms with E-state index in [9.17, 15) is 9.59 Å². The molecule has 0 spiro atoms. The number of hydrogen-bond donors (Lipinski definition) is 0. The van der Waals surface area contributed by atoms with E-state index >= 15 is 0 Å². The van der Waals surface area contributed by atoms with Crippen LogP contribution in [0.4, 0.5) is 0 Å². The van der Waals surface area contributed by atoms with Crippen LogP contribution >= 0.6 is 8.60 Å². The number of nitrogens with zero attached hydrogens (tertiary/aromatic N) is 1. The molecule has 0 radical (unpaired) electrons. The fourth-order valence-corrected chi connectivity index (χ4v) is 2.01. The Morgan fingerprint density at radius 3 is 1.88 bits per heavy atom. The molecule has 90 valence electrons. The van der Waals surface area contributed by atoms with Gasteiger partial charge in [0.25, 0.3) is 11.8 Å². The van der Waals surface area contributed by atoms with Crippen LogP contribution in [0.5, 0.6) is 0 Å². The second kappa shape index (κ2) is 4.89. The quantitative estimate of drug-likeness (QED) is 0.605. The van der Waals surface area contributed by atoms with E-state index in [1.54, 1.807) is 24.3 Å². The van der Waals surface area contributed by atoms with Crippen molar-refractivity contribution in [1.29, 1.82) is 0 Å². The topological polar surface area (TPSA) is 65.1 Å². The van der Waals surface area contributed by atoms with Crippen molar-refractivity contribution in [1.82, 2.24) is 5.06 Å². The molecule has 1 heterocycles. The first-order valence-corrected chi connectivity index (χ1v) is 5.83. The van der Waals surface area contributed by atoms with Crippen molar-refractivity contribution in [3.05, 3.63) is 35.4 Å². The molecule has 2 rings (SSSR count). The number of carbonyl (C=O) groups is 2. The van der Waals surface area contributed by atoms with Crippen molar-refractivity contribution in [2.45, 2.75) is 0 Å². The summed E-state index contributed by atoms with van der Waals surface area (Å²) in [6.45, 7) is 0. The summed E-state index contributed by atoms with van der Waals surface area (Å²) in [5.41, 5.74) is 0.638. The van der Waals surface area contributed by atoms with Gasteiger partial charge in [0.1, 0.15) is 0 Å². The minimum Gasteiger partial charge on any atom is -0.314 e. The first-order valence-electron chi connectivity index (χ1n) is 4.73. The average molecular weight is 255 g/mol. The highest BCUT2D eigenvalue weighted by Crippen LogP contribution is 2.40. The van der Waals surface area contributed by atoms with Crippen LogP contribution in [0.25, 0.3) is 0 Å². The molecule has 0 bridgehead atoms. The third-order valence-electron chi connectivity index (χ3n) is 2.20.